The Kier molecular flexibility index (Phi) is 4.39. The Morgan fingerprint density at radius 1 is 1.53 bits per heavy atom. The van der Waals surface area contributed by atoms with E-state index in [2.05, 4.69) is 26.2 Å². The van der Waals surface area contributed by atoms with Gasteiger partial charge in [-0.05, 0) is 30.5 Å². The third-order valence-corrected chi connectivity index (χ3v) is 3.44. The molecule has 6 heteroatoms. The van der Waals surface area contributed by atoms with Crippen LogP contribution in [0.1, 0.15) is 17.4 Å². The number of hydrogen-bond donors (Lipinski definition) is 2. The third kappa shape index (κ3) is 3.23. The Morgan fingerprint density at radius 3 is 2.95 bits per heavy atom. The zero-order valence-corrected chi connectivity index (χ0v) is 12.5. The monoisotopic (exact) mass is 342 g/mol. The summed E-state index contributed by atoms with van der Waals surface area (Å²) in [6.45, 7) is 1.78. The molecule has 0 fully saturated rings. The lowest BCUT2D eigenvalue weighted by atomic mass is 10.1. The number of pyridine rings is 1. The van der Waals surface area contributed by atoms with Crippen LogP contribution in [0.3, 0.4) is 0 Å². The van der Waals surface area contributed by atoms with E-state index in [4.69, 9.17) is 11.6 Å². The number of halogens is 2. The van der Waals surface area contributed by atoms with Crippen LogP contribution in [0.5, 0.6) is 0 Å². The molecular formula is C13H12BrClN2O2. The predicted octanol–water partition coefficient (Wildman–Crippen LogP) is 2.76. The number of amides is 1. The van der Waals surface area contributed by atoms with Crippen molar-refractivity contribution in [2.24, 2.45) is 0 Å². The number of aliphatic hydroxyl groups is 1. The summed E-state index contributed by atoms with van der Waals surface area (Å²) in [6.07, 6.45) is 0.965. The number of benzene rings is 1. The molecule has 0 saturated heterocycles. The molecule has 0 radical (unpaired) electrons. The van der Waals surface area contributed by atoms with Crippen LogP contribution in [-0.4, -0.2) is 28.6 Å². The second kappa shape index (κ2) is 5.86. The highest BCUT2D eigenvalue weighted by Gasteiger charge is 2.14. The standard InChI is InChI=1S/C13H12BrClN2O2/c1-7(18)6-17-13(19)12-10-4-8(15)5-11(14)9(10)2-3-16-12/h2-5,7,18H,6H2,1H3,(H,17,19). The van der Waals surface area contributed by atoms with E-state index in [0.29, 0.717) is 16.1 Å². The summed E-state index contributed by atoms with van der Waals surface area (Å²) in [7, 11) is 0. The summed E-state index contributed by atoms with van der Waals surface area (Å²) in [5, 5.41) is 13.9. The maximum Gasteiger partial charge on any atom is 0.270 e. The number of hydrogen-bond acceptors (Lipinski definition) is 3. The van der Waals surface area contributed by atoms with Crippen LogP contribution in [-0.2, 0) is 0 Å². The van der Waals surface area contributed by atoms with Crippen molar-refractivity contribution >= 4 is 44.2 Å². The van der Waals surface area contributed by atoms with Gasteiger partial charge in [-0.1, -0.05) is 27.5 Å². The predicted molar refractivity (Wildman–Crippen MR) is 78.5 cm³/mol. The second-order valence-electron chi connectivity index (χ2n) is 4.20. The maximum atomic E-state index is 12.0. The molecule has 1 atom stereocenters. The van der Waals surface area contributed by atoms with Crippen LogP contribution in [0, 0.1) is 0 Å². The molecule has 1 heterocycles. The number of carbonyl (C=O) groups excluding carboxylic acids is 1. The minimum absolute atomic E-state index is 0.179. The number of nitrogens with one attached hydrogen (secondary N) is 1. The highest BCUT2D eigenvalue weighted by molar-refractivity contribution is 9.10. The zero-order valence-electron chi connectivity index (χ0n) is 10.2. The maximum absolute atomic E-state index is 12.0. The number of fused-ring (bicyclic) bond motifs is 1. The molecule has 1 aromatic carbocycles. The van der Waals surface area contributed by atoms with E-state index in [9.17, 15) is 9.90 Å². The van der Waals surface area contributed by atoms with Gasteiger partial charge >= 0.3 is 0 Å². The number of aliphatic hydroxyl groups excluding tert-OH is 1. The molecule has 1 unspecified atom stereocenters. The van der Waals surface area contributed by atoms with Crippen molar-refractivity contribution in [2.75, 3.05) is 6.54 Å². The Bertz CT molecular complexity index is 631. The van der Waals surface area contributed by atoms with Crippen LogP contribution >= 0.6 is 27.5 Å². The summed E-state index contributed by atoms with van der Waals surface area (Å²) in [5.74, 6) is -0.333. The van der Waals surface area contributed by atoms with E-state index in [1.807, 2.05) is 0 Å². The topological polar surface area (TPSA) is 62.2 Å². The summed E-state index contributed by atoms with van der Waals surface area (Å²) < 4.78 is 0.807. The first-order valence-corrected chi connectivity index (χ1v) is 6.86. The van der Waals surface area contributed by atoms with E-state index in [1.54, 1.807) is 31.3 Å². The van der Waals surface area contributed by atoms with E-state index in [0.717, 1.165) is 9.86 Å². The van der Waals surface area contributed by atoms with Gasteiger partial charge in [-0.2, -0.15) is 0 Å². The average molecular weight is 344 g/mol. The van der Waals surface area contributed by atoms with Gasteiger partial charge in [-0.15, -0.1) is 0 Å². The fraction of sp³-hybridized carbons (Fsp3) is 0.231. The van der Waals surface area contributed by atoms with Gasteiger partial charge in [0.25, 0.3) is 5.91 Å². The average Bonchev–Trinajstić information content (AvgIpc) is 2.35. The SMILES string of the molecule is CC(O)CNC(=O)c1nccc2c(Br)cc(Cl)cc12. The second-order valence-corrected chi connectivity index (χ2v) is 5.49. The number of aromatic nitrogens is 1. The third-order valence-electron chi connectivity index (χ3n) is 2.57. The molecule has 1 amide bonds. The minimum Gasteiger partial charge on any atom is -0.392 e. The minimum atomic E-state index is -0.603. The van der Waals surface area contributed by atoms with E-state index < -0.39 is 6.10 Å². The first-order chi connectivity index (χ1) is 8.99. The fourth-order valence-corrected chi connectivity index (χ4v) is 2.65. The Hall–Kier alpha value is -1.17. The van der Waals surface area contributed by atoms with Gasteiger partial charge in [0.1, 0.15) is 5.69 Å². The quantitative estimate of drug-likeness (QED) is 0.901. The largest absolute Gasteiger partial charge is 0.392 e. The van der Waals surface area contributed by atoms with Crippen molar-refractivity contribution in [1.29, 1.82) is 0 Å². The molecule has 19 heavy (non-hydrogen) atoms. The molecule has 2 aromatic rings. The molecule has 1 aromatic heterocycles. The number of carbonyl (C=O) groups is 1. The highest BCUT2D eigenvalue weighted by atomic mass is 79.9. The van der Waals surface area contributed by atoms with Gasteiger partial charge in [-0.3, -0.25) is 9.78 Å². The smallest absolute Gasteiger partial charge is 0.270 e. The molecule has 4 nitrogen and oxygen atoms in total. The van der Waals surface area contributed by atoms with Crippen LogP contribution in [0.15, 0.2) is 28.9 Å². The van der Waals surface area contributed by atoms with Crippen molar-refractivity contribution in [1.82, 2.24) is 10.3 Å². The molecular weight excluding hydrogens is 332 g/mol. The number of rotatable bonds is 3. The van der Waals surface area contributed by atoms with Crippen molar-refractivity contribution in [3.05, 3.63) is 39.6 Å². The first-order valence-electron chi connectivity index (χ1n) is 5.69. The molecule has 0 spiro atoms. The Labute approximate surface area is 123 Å². The normalized spacial score (nSPS) is 12.4. The van der Waals surface area contributed by atoms with E-state index in [1.165, 1.54) is 0 Å². The highest BCUT2D eigenvalue weighted by Crippen LogP contribution is 2.29. The first kappa shape index (κ1) is 14.2. The summed E-state index contributed by atoms with van der Waals surface area (Å²) in [4.78, 5) is 16.1. The summed E-state index contributed by atoms with van der Waals surface area (Å²) >= 11 is 9.41. The van der Waals surface area contributed by atoms with Gasteiger partial charge in [0.2, 0.25) is 0 Å². The van der Waals surface area contributed by atoms with E-state index >= 15 is 0 Å². The Balaban J connectivity index is 2.46. The van der Waals surface area contributed by atoms with Gasteiger partial charge in [0, 0.05) is 27.6 Å². The van der Waals surface area contributed by atoms with Crippen molar-refractivity contribution < 1.29 is 9.90 Å². The van der Waals surface area contributed by atoms with Gasteiger partial charge in [-0.25, -0.2) is 0 Å². The molecule has 0 bridgehead atoms. The van der Waals surface area contributed by atoms with Crippen LogP contribution in [0.4, 0.5) is 0 Å². The lowest BCUT2D eigenvalue weighted by molar-refractivity contribution is 0.0921. The van der Waals surface area contributed by atoms with Gasteiger partial charge < -0.3 is 10.4 Å². The molecule has 2 N–H and O–H groups in total. The lowest BCUT2D eigenvalue weighted by Crippen LogP contribution is -2.31. The Morgan fingerprint density at radius 2 is 2.26 bits per heavy atom. The van der Waals surface area contributed by atoms with E-state index in [-0.39, 0.29) is 12.5 Å². The van der Waals surface area contributed by atoms with Crippen molar-refractivity contribution in [3.63, 3.8) is 0 Å². The molecule has 100 valence electrons. The van der Waals surface area contributed by atoms with Crippen molar-refractivity contribution in [2.45, 2.75) is 13.0 Å². The van der Waals surface area contributed by atoms with Crippen LogP contribution in [0.2, 0.25) is 5.02 Å². The summed E-state index contributed by atoms with van der Waals surface area (Å²) in [6, 6.07) is 5.27. The number of nitrogens with zero attached hydrogens (tertiary/aromatic N) is 1. The lowest BCUT2D eigenvalue weighted by Gasteiger charge is -2.09. The molecule has 0 aliphatic rings. The molecule has 0 aliphatic heterocycles. The van der Waals surface area contributed by atoms with Crippen LogP contribution in [0.25, 0.3) is 10.8 Å². The molecule has 0 saturated carbocycles. The van der Waals surface area contributed by atoms with Gasteiger partial charge in [0.15, 0.2) is 0 Å². The molecule has 0 aliphatic carbocycles. The van der Waals surface area contributed by atoms with Crippen LogP contribution < -0.4 is 5.32 Å². The van der Waals surface area contributed by atoms with Gasteiger partial charge in [0.05, 0.1) is 6.10 Å². The molecule has 2 rings (SSSR count). The summed E-state index contributed by atoms with van der Waals surface area (Å²) in [5.41, 5.74) is 0.293. The van der Waals surface area contributed by atoms with Crippen molar-refractivity contribution in [3.8, 4) is 0 Å². The zero-order chi connectivity index (χ0) is 14.0. The fourth-order valence-electron chi connectivity index (χ4n) is 1.71.